The molecule has 0 bridgehead atoms. The Labute approximate surface area is 129 Å². The Bertz CT molecular complexity index is 322. The van der Waals surface area contributed by atoms with Crippen molar-refractivity contribution in [1.82, 2.24) is 0 Å². The van der Waals surface area contributed by atoms with Gasteiger partial charge in [-0.3, -0.25) is 4.79 Å². The summed E-state index contributed by atoms with van der Waals surface area (Å²) in [5.41, 5.74) is 0. The molecule has 3 heteroatoms. The third kappa shape index (κ3) is 9.46. The van der Waals surface area contributed by atoms with Gasteiger partial charge in [-0.05, 0) is 12.8 Å². The lowest BCUT2D eigenvalue weighted by molar-refractivity contribution is -0.140. The van der Waals surface area contributed by atoms with Crippen molar-refractivity contribution < 1.29 is 14.3 Å². The molecule has 120 valence electrons. The fraction of sp³-hybridized carbons (Fsp3) is 0.722. The number of allylic oxidation sites excluding steroid dienone is 2. The Morgan fingerprint density at radius 3 is 2.33 bits per heavy atom. The van der Waals surface area contributed by atoms with Crippen molar-refractivity contribution in [1.29, 1.82) is 0 Å². The molecule has 0 spiro atoms. The molecule has 1 fully saturated rings. The molecule has 1 rings (SSSR count). The molecule has 1 aliphatic heterocycles. The number of hydrogen-bond acceptors (Lipinski definition) is 3. The van der Waals surface area contributed by atoms with E-state index in [2.05, 4.69) is 17.4 Å². The van der Waals surface area contributed by atoms with Gasteiger partial charge in [-0.2, -0.15) is 0 Å². The first kappa shape index (κ1) is 18.0. The zero-order valence-electron chi connectivity index (χ0n) is 13.4. The van der Waals surface area contributed by atoms with Gasteiger partial charge in [0.25, 0.3) is 0 Å². The van der Waals surface area contributed by atoms with Crippen LogP contribution in [0.15, 0.2) is 24.8 Å². The number of methoxy groups -OCH3 is 1. The monoisotopic (exact) mass is 294 g/mol. The average molecular weight is 294 g/mol. The molecule has 1 heterocycles. The predicted octanol–water partition coefficient (Wildman–Crippen LogP) is 4.57. The highest BCUT2D eigenvalue weighted by molar-refractivity contribution is 5.68. The first-order chi connectivity index (χ1) is 10.3. The van der Waals surface area contributed by atoms with Gasteiger partial charge in [-0.15, -0.1) is 0 Å². The molecule has 0 aromatic carbocycles. The van der Waals surface area contributed by atoms with Gasteiger partial charge < -0.3 is 9.47 Å². The summed E-state index contributed by atoms with van der Waals surface area (Å²) < 4.78 is 10.2. The van der Waals surface area contributed by atoms with Gasteiger partial charge >= 0.3 is 5.97 Å². The number of carbonyl (C=O) groups excluding carboxylic acids is 1. The van der Waals surface area contributed by atoms with Crippen molar-refractivity contribution in [3.05, 3.63) is 24.8 Å². The van der Waals surface area contributed by atoms with Crippen LogP contribution in [0.25, 0.3) is 0 Å². The zero-order chi connectivity index (χ0) is 15.3. The summed E-state index contributed by atoms with van der Waals surface area (Å²) >= 11 is 0. The van der Waals surface area contributed by atoms with E-state index in [4.69, 9.17) is 4.74 Å². The molecule has 0 aromatic heterocycles. The largest absolute Gasteiger partial charge is 0.469 e. The molecule has 0 saturated carbocycles. The third-order valence-electron chi connectivity index (χ3n) is 3.91. The average Bonchev–Trinajstić information content (AvgIpc) is 3.25. The highest BCUT2D eigenvalue weighted by atomic mass is 16.6. The van der Waals surface area contributed by atoms with Crippen LogP contribution >= 0.6 is 0 Å². The predicted molar refractivity (Wildman–Crippen MR) is 86.2 cm³/mol. The second kappa shape index (κ2) is 11.6. The Morgan fingerprint density at radius 2 is 1.71 bits per heavy atom. The number of hydrogen-bond donors (Lipinski definition) is 0. The number of carbonyl (C=O) groups is 1. The maximum atomic E-state index is 10.9. The number of unbranched alkanes of at least 4 members (excludes halogenated alkanes) is 7. The van der Waals surface area contributed by atoms with E-state index in [1.54, 1.807) is 6.08 Å². The topological polar surface area (TPSA) is 38.8 Å². The Morgan fingerprint density at radius 1 is 1.10 bits per heavy atom. The fourth-order valence-electron chi connectivity index (χ4n) is 2.52. The SMILES string of the molecule is C=C/C=C/C1OC1CCCCCCCCCCC(=O)OC. The molecule has 2 atom stereocenters. The highest BCUT2D eigenvalue weighted by Crippen LogP contribution is 2.28. The Balaban J connectivity index is 1.76. The second-order valence-corrected chi connectivity index (χ2v) is 5.70. The van der Waals surface area contributed by atoms with Crippen LogP contribution in [0.4, 0.5) is 0 Å². The van der Waals surface area contributed by atoms with E-state index in [0.29, 0.717) is 18.6 Å². The molecule has 2 unspecified atom stereocenters. The zero-order valence-corrected chi connectivity index (χ0v) is 13.4. The van der Waals surface area contributed by atoms with E-state index in [0.717, 1.165) is 12.8 Å². The van der Waals surface area contributed by atoms with E-state index < -0.39 is 0 Å². The van der Waals surface area contributed by atoms with E-state index in [-0.39, 0.29) is 5.97 Å². The van der Waals surface area contributed by atoms with Crippen molar-refractivity contribution in [2.45, 2.75) is 76.4 Å². The van der Waals surface area contributed by atoms with Gasteiger partial charge in [0.1, 0.15) is 6.10 Å². The van der Waals surface area contributed by atoms with Crippen LogP contribution in [0.2, 0.25) is 0 Å². The van der Waals surface area contributed by atoms with E-state index in [1.807, 2.05) is 6.08 Å². The fourth-order valence-corrected chi connectivity index (χ4v) is 2.52. The maximum Gasteiger partial charge on any atom is 0.305 e. The molecule has 21 heavy (non-hydrogen) atoms. The van der Waals surface area contributed by atoms with Crippen molar-refractivity contribution in [2.75, 3.05) is 7.11 Å². The number of ether oxygens (including phenoxy) is 2. The van der Waals surface area contributed by atoms with Gasteiger partial charge in [0, 0.05) is 6.42 Å². The lowest BCUT2D eigenvalue weighted by Crippen LogP contribution is -1.99. The summed E-state index contributed by atoms with van der Waals surface area (Å²) in [6, 6.07) is 0. The van der Waals surface area contributed by atoms with E-state index >= 15 is 0 Å². The van der Waals surface area contributed by atoms with Crippen LogP contribution in [-0.4, -0.2) is 25.3 Å². The third-order valence-corrected chi connectivity index (χ3v) is 3.91. The summed E-state index contributed by atoms with van der Waals surface area (Å²) in [5.74, 6) is -0.0847. The molecule has 0 amide bonds. The molecule has 1 saturated heterocycles. The smallest absolute Gasteiger partial charge is 0.305 e. The normalized spacial score (nSPS) is 20.6. The Hall–Kier alpha value is -1.09. The quantitative estimate of drug-likeness (QED) is 0.216. The second-order valence-electron chi connectivity index (χ2n) is 5.70. The van der Waals surface area contributed by atoms with Crippen LogP contribution in [-0.2, 0) is 14.3 Å². The van der Waals surface area contributed by atoms with Crippen molar-refractivity contribution in [3.8, 4) is 0 Å². The molecular weight excluding hydrogens is 264 g/mol. The van der Waals surface area contributed by atoms with E-state index in [9.17, 15) is 4.79 Å². The van der Waals surface area contributed by atoms with E-state index in [1.165, 1.54) is 52.1 Å². The molecule has 0 N–H and O–H groups in total. The number of esters is 1. The number of epoxide rings is 1. The minimum absolute atomic E-state index is 0.0847. The van der Waals surface area contributed by atoms with Crippen molar-refractivity contribution >= 4 is 5.97 Å². The lowest BCUT2D eigenvalue weighted by Gasteiger charge is -2.02. The summed E-state index contributed by atoms with van der Waals surface area (Å²) in [4.78, 5) is 10.9. The van der Waals surface area contributed by atoms with Gasteiger partial charge in [-0.1, -0.05) is 69.8 Å². The van der Waals surface area contributed by atoms with Crippen molar-refractivity contribution in [3.63, 3.8) is 0 Å². The standard InChI is InChI=1S/C18H30O3/c1-3-4-13-16-17(21-16)14-11-9-7-5-6-8-10-12-15-18(19)20-2/h3-4,13,16-17H,1,5-12,14-15H2,2H3/b13-4+. The Kier molecular flexibility index (Phi) is 9.88. The first-order valence-corrected chi connectivity index (χ1v) is 8.29. The lowest BCUT2D eigenvalue weighted by atomic mass is 10.1. The molecule has 0 aromatic rings. The van der Waals surface area contributed by atoms with Crippen LogP contribution in [0.5, 0.6) is 0 Å². The van der Waals surface area contributed by atoms with Gasteiger partial charge in [0.15, 0.2) is 0 Å². The maximum absolute atomic E-state index is 10.9. The van der Waals surface area contributed by atoms with Crippen LogP contribution < -0.4 is 0 Å². The van der Waals surface area contributed by atoms with Gasteiger partial charge in [-0.25, -0.2) is 0 Å². The van der Waals surface area contributed by atoms with Crippen LogP contribution in [0, 0.1) is 0 Å². The summed E-state index contributed by atoms with van der Waals surface area (Å²) in [5, 5.41) is 0. The van der Waals surface area contributed by atoms with Gasteiger partial charge in [0.05, 0.1) is 13.2 Å². The minimum atomic E-state index is -0.0847. The molecule has 0 aliphatic carbocycles. The molecule has 3 nitrogen and oxygen atoms in total. The summed E-state index contributed by atoms with van der Waals surface area (Å²) in [6.07, 6.45) is 18.2. The van der Waals surface area contributed by atoms with Crippen LogP contribution in [0.3, 0.4) is 0 Å². The summed E-state index contributed by atoms with van der Waals surface area (Å²) in [6.45, 7) is 3.66. The minimum Gasteiger partial charge on any atom is -0.469 e. The number of rotatable bonds is 13. The molecular formula is C18H30O3. The first-order valence-electron chi connectivity index (χ1n) is 8.29. The highest BCUT2D eigenvalue weighted by Gasteiger charge is 2.35. The molecule has 1 aliphatic rings. The van der Waals surface area contributed by atoms with Gasteiger partial charge in [0.2, 0.25) is 0 Å². The molecule has 0 radical (unpaired) electrons. The van der Waals surface area contributed by atoms with Crippen LogP contribution in [0.1, 0.15) is 64.2 Å². The summed E-state index contributed by atoms with van der Waals surface area (Å²) in [7, 11) is 1.45. The van der Waals surface area contributed by atoms with Crippen molar-refractivity contribution in [2.24, 2.45) is 0 Å².